The molecule has 162 valence electrons. The summed E-state index contributed by atoms with van der Waals surface area (Å²) in [5.41, 5.74) is 2.40. The smallest absolute Gasteiger partial charge is 0.245 e. The molecular formula is C21H26N2O6S. The van der Waals surface area contributed by atoms with Crippen LogP contribution in [0.4, 0.5) is 0 Å². The van der Waals surface area contributed by atoms with E-state index in [4.69, 9.17) is 14.2 Å². The molecule has 2 heterocycles. The van der Waals surface area contributed by atoms with Gasteiger partial charge < -0.3 is 24.2 Å². The number of likely N-dealkylation sites (N-methyl/N-ethyl adjacent to an activating group) is 1. The zero-order chi connectivity index (χ0) is 21.3. The molecule has 9 heteroatoms. The summed E-state index contributed by atoms with van der Waals surface area (Å²) < 4.78 is 46.4. The fraction of sp³-hybridized carbons (Fsp3) is 0.429. The van der Waals surface area contributed by atoms with Crippen LogP contribution in [-0.4, -0.2) is 58.6 Å². The minimum Gasteiger partial charge on any atom is -0.492 e. The topological polar surface area (TPSA) is 97.3 Å². The van der Waals surface area contributed by atoms with Gasteiger partial charge in [0.15, 0.2) is 11.5 Å². The number of sulfonamides is 1. The molecule has 0 amide bonds. The van der Waals surface area contributed by atoms with Crippen LogP contribution in [0.5, 0.6) is 17.2 Å². The first-order valence-electron chi connectivity index (χ1n) is 9.81. The number of hydrogen-bond acceptors (Lipinski definition) is 7. The molecule has 0 saturated heterocycles. The normalized spacial score (nSPS) is 16.9. The molecule has 0 aliphatic carbocycles. The van der Waals surface area contributed by atoms with Gasteiger partial charge in [-0.25, -0.2) is 13.1 Å². The van der Waals surface area contributed by atoms with Crippen molar-refractivity contribution in [3.05, 3.63) is 47.0 Å². The van der Waals surface area contributed by atoms with Gasteiger partial charge >= 0.3 is 0 Å². The second-order valence-corrected chi connectivity index (χ2v) is 9.21. The minimum atomic E-state index is -3.99. The summed E-state index contributed by atoms with van der Waals surface area (Å²) in [5.74, 6) is 1.01. The standard InChI is InChI=1S/C21H26N2O6S/c1-23-9-8-16-17(11-23)18(27-2)19-20(29-13-28-19)21(16)30(25,26)22-15(12-24)10-14-6-4-3-5-7-14/h3-7,15,22,24H,8-13H2,1-2H3. The van der Waals surface area contributed by atoms with Gasteiger partial charge in [0.05, 0.1) is 13.7 Å². The van der Waals surface area contributed by atoms with E-state index in [1.54, 1.807) is 7.11 Å². The van der Waals surface area contributed by atoms with E-state index in [1.165, 1.54) is 0 Å². The molecule has 0 bridgehead atoms. The molecule has 0 saturated carbocycles. The number of nitrogens with one attached hydrogen (secondary N) is 1. The second-order valence-electron chi connectivity index (χ2n) is 7.56. The van der Waals surface area contributed by atoms with Crippen molar-refractivity contribution in [3.8, 4) is 17.2 Å². The third-order valence-corrected chi connectivity index (χ3v) is 7.06. The Morgan fingerprint density at radius 3 is 2.63 bits per heavy atom. The van der Waals surface area contributed by atoms with E-state index in [2.05, 4.69) is 9.62 Å². The van der Waals surface area contributed by atoms with E-state index in [-0.39, 0.29) is 24.0 Å². The van der Waals surface area contributed by atoms with Gasteiger partial charge in [0.2, 0.25) is 22.6 Å². The lowest BCUT2D eigenvalue weighted by Gasteiger charge is -2.29. The Hall–Kier alpha value is -2.33. The lowest BCUT2D eigenvalue weighted by molar-refractivity contribution is 0.169. The molecule has 0 radical (unpaired) electrons. The Kier molecular flexibility index (Phi) is 5.88. The average molecular weight is 435 g/mol. The maximum atomic E-state index is 13.5. The summed E-state index contributed by atoms with van der Waals surface area (Å²) in [6, 6.07) is 8.79. The number of rotatable bonds is 7. The molecule has 0 fully saturated rings. The molecule has 0 aromatic heterocycles. The van der Waals surface area contributed by atoms with Gasteiger partial charge in [0.1, 0.15) is 4.90 Å². The molecular weight excluding hydrogens is 408 g/mol. The molecule has 2 aliphatic heterocycles. The van der Waals surface area contributed by atoms with Gasteiger partial charge in [-0.1, -0.05) is 30.3 Å². The first kappa shape index (κ1) is 20.9. The van der Waals surface area contributed by atoms with Gasteiger partial charge in [-0.05, 0) is 31.0 Å². The number of aliphatic hydroxyl groups is 1. The summed E-state index contributed by atoms with van der Waals surface area (Å²) in [4.78, 5) is 2.19. The van der Waals surface area contributed by atoms with Gasteiger partial charge in [-0.2, -0.15) is 0 Å². The predicted octanol–water partition coefficient (Wildman–Crippen LogP) is 1.29. The van der Waals surface area contributed by atoms with Gasteiger partial charge in [-0.3, -0.25) is 0 Å². The highest BCUT2D eigenvalue weighted by Crippen LogP contribution is 2.51. The van der Waals surface area contributed by atoms with Gasteiger partial charge in [0, 0.05) is 24.7 Å². The van der Waals surface area contributed by atoms with Crippen molar-refractivity contribution in [2.75, 3.05) is 34.1 Å². The molecule has 2 aromatic rings. The molecule has 8 nitrogen and oxygen atoms in total. The zero-order valence-electron chi connectivity index (χ0n) is 17.1. The molecule has 1 unspecified atom stereocenters. The van der Waals surface area contributed by atoms with Crippen molar-refractivity contribution in [1.82, 2.24) is 9.62 Å². The monoisotopic (exact) mass is 434 g/mol. The van der Waals surface area contributed by atoms with Crippen molar-refractivity contribution in [2.24, 2.45) is 0 Å². The Labute approximate surface area is 176 Å². The number of hydrogen-bond donors (Lipinski definition) is 2. The third-order valence-electron chi connectivity index (χ3n) is 5.45. The second kappa shape index (κ2) is 8.43. The number of benzene rings is 2. The minimum absolute atomic E-state index is 0.0691. The van der Waals surface area contributed by atoms with E-state index in [0.29, 0.717) is 43.0 Å². The van der Waals surface area contributed by atoms with Crippen LogP contribution in [0.3, 0.4) is 0 Å². The number of nitrogens with zero attached hydrogens (tertiary/aromatic N) is 1. The summed E-state index contributed by atoms with van der Waals surface area (Å²) in [6.45, 7) is 0.867. The largest absolute Gasteiger partial charge is 0.492 e. The Balaban J connectivity index is 1.75. The van der Waals surface area contributed by atoms with Crippen LogP contribution in [0.25, 0.3) is 0 Å². The predicted molar refractivity (Wildman–Crippen MR) is 110 cm³/mol. The van der Waals surface area contributed by atoms with E-state index >= 15 is 0 Å². The van der Waals surface area contributed by atoms with Crippen LogP contribution in [0.15, 0.2) is 35.2 Å². The lowest BCUT2D eigenvalue weighted by Crippen LogP contribution is -2.40. The first-order chi connectivity index (χ1) is 14.4. The maximum absolute atomic E-state index is 13.5. The molecule has 4 rings (SSSR count). The van der Waals surface area contributed by atoms with Crippen molar-refractivity contribution in [1.29, 1.82) is 0 Å². The Morgan fingerprint density at radius 1 is 1.20 bits per heavy atom. The highest BCUT2D eigenvalue weighted by atomic mass is 32.2. The van der Waals surface area contributed by atoms with Gasteiger partial charge in [0.25, 0.3) is 0 Å². The van der Waals surface area contributed by atoms with Crippen molar-refractivity contribution in [2.45, 2.75) is 30.3 Å². The van der Waals surface area contributed by atoms with Crippen molar-refractivity contribution < 1.29 is 27.7 Å². The van der Waals surface area contributed by atoms with E-state index in [9.17, 15) is 13.5 Å². The maximum Gasteiger partial charge on any atom is 0.245 e. The van der Waals surface area contributed by atoms with Crippen LogP contribution >= 0.6 is 0 Å². The number of aliphatic hydroxyl groups excluding tert-OH is 1. The van der Waals surface area contributed by atoms with Crippen LogP contribution in [0, 0.1) is 0 Å². The average Bonchev–Trinajstić information content (AvgIpc) is 3.20. The Morgan fingerprint density at radius 2 is 1.93 bits per heavy atom. The SMILES string of the molecule is COc1c2c(c(S(=O)(=O)NC(CO)Cc3ccccc3)c3c1OCO3)CCN(C)C2. The number of ether oxygens (including phenoxy) is 3. The van der Waals surface area contributed by atoms with Crippen molar-refractivity contribution in [3.63, 3.8) is 0 Å². The van der Waals surface area contributed by atoms with Crippen LogP contribution in [0.1, 0.15) is 16.7 Å². The third kappa shape index (κ3) is 3.85. The lowest BCUT2D eigenvalue weighted by atomic mass is 9.97. The van der Waals surface area contributed by atoms with Crippen LogP contribution in [-0.2, 0) is 29.4 Å². The molecule has 2 N–H and O–H groups in total. The number of fused-ring (bicyclic) bond motifs is 2. The fourth-order valence-corrected chi connectivity index (χ4v) is 5.73. The molecule has 30 heavy (non-hydrogen) atoms. The molecule has 2 aromatic carbocycles. The summed E-state index contributed by atoms with van der Waals surface area (Å²) in [5, 5.41) is 9.84. The highest BCUT2D eigenvalue weighted by molar-refractivity contribution is 7.89. The summed E-state index contributed by atoms with van der Waals surface area (Å²) in [7, 11) is -0.475. The zero-order valence-corrected chi connectivity index (χ0v) is 17.9. The number of methoxy groups -OCH3 is 1. The quantitative estimate of drug-likeness (QED) is 0.678. The fourth-order valence-electron chi connectivity index (χ4n) is 4.07. The first-order valence-corrected chi connectivity index (χ1v) is 11.3. The van der Waals surface area contributed by atoms with Gasteiger partial charge in [-0.15, -0.1) is 0 Å². The van der Waals surface area contributed by atoms with Crippen molar-refractivity contribution >= 4 is 10.0 Å². The molecule has 0 spiro atoms. The van der Waals surface area contributed by atoms with E-state index < -0.39 is 16.1 Å². The van der Waals surface area contributed by atoms with E-state index in [1.807, 2.05) is 37.4 Å². The summed E-state index contributed by atoms with van der Waals surface area (Å²) >= 11 is 0. The van der Waals surface area contributed by atoms with Crippen LogP contribution in [0.2, 0.25) is 0 Å². The highest BCUT2D eigenvalue weighted by Gasteiger charge is 2.38. The summed E-state index contributed by atoms with van der Waals surface area (Å²) in [6.07, 6.45) is 0.911. The van der Waals surface area contributed by atoms with Crippen LogP contribution < -0.4 is 18.9 Å². The molecule has 1 atom stereocenters. The Bertz CT molecular complexity index is 1030. The van der Waals surface area contributed by atoms with E-state index in [0.717, 1.165) is 11.1 Å². The molecule has 2 aliphatic rings.